The van der Waals surface area contributed by atoms with Crippen molar-refractivity contribution in [2.75, 3.05) is 13.1 Å². The normalized spacial score (nSPS) is 13.9. The van der Waals surface area contributed by atoms with E-state index >= 15 is 0 Å². The van der Waals surface area contributed by atoms with Crippen LogP contribution < -0.4 is 5.32 Å². The lowest BCUT2D eigenvalue weighted by molar-refractivity contribution is 0.0767. The number of nitrogens with one attached hydrogen (secondary N) is 1. The van der Waals surface area contributed by atoms with Crippen molar-refractivity contribution in [2.24, 2.45) is 7.05 Å². The zero-order valence-corrected chi connectivity index (χ0v) is 18.3. The summed E-state index contributed by atoms with van der Waals surface area (Å²) in [5.74, 6) is -0.611. The minimum atomic E-state index is -0.333. The summed E-state index contributed by atoms with van der Waals surface area (Å²) in [6.07, 6.45) is 0. The van der Waals surface area contributed by atoms with E-state index in [1.807, 2.05) is 59.5 Å². The maximum atomic E-state index is 13.6. The van der Waals surface area contributed by atoms with Gasteiger partial charge in [-0.25, -0.2) is 4.39 Å². The number of nitrogens with zero attached hydrogens (tertiary/aromatic N) is 2. The Hall–Kier alpha value is -3.93. The SMILES string of the molecule is Cn1c(C(=O)NCC(CN2Cc3ccccc3C2=O)c2ccccc2)cc2cc(F)ccc21. The number of carbonyl (C=O) groups excluding carboxylic acids is 2. The molecule has 0 fully saturated rings. The molecular formula is C27H24FN3O2. The number of halogens is 1. The van der Waals surface area contributed by atoms with Gasteiger partial charge in [0.1, 0.15) is 11.5 Å². The number of benzene rings is 3. The molecule has 0 bridgehead atoms. The smallest absolute Gasteiger partial charge is 0.267 e. The molecule has 1 N–H and O–H groups in total. The summed E-state index contributed by atoms with van der Waals surface area (Å²) < 4.78 is 15.4. The highest BCUT2D eigenvalue weighted by atomic mass is 19.1. The monoisotopic (exact) mass is 441 g/mol. The lowest BCUT2D eigenvalue weighted by Gasteiger charge is -2.24. The summed E-state index contributed by atoms with van der Waals surface area (Å²) >= 11 is 0. The molecule has 1 unspecified atom stereocenters. The number of hydrogen-bond donors (Lipinski definition) is 1. The van der Waals surface area contributed by atoms with Crippen LogP contribution in [0, 0.1) is 5.82 Å². The minimum absolute atomic E-state index is 0.0218. The third-order valence-corrected chi connectivity index (χ3v) is 6.35. The first-order valence-electron chi connectivity index (χ1n) is 11.0. The molecule has 1 aliphatic rings. The Morgan fingerprint density at radius 2 is 1.79 bits per heavy atom. The molecule has 166 valence electrons. The van der Waals surface area contributed by atoms with Crippen LogP contribution in [0.3, 0.4) is 0 Å². The van der Waals surface area contributed by atoms with Crippen molar-refractivity contribution in [3.63, 3.8) is 0 Å². The summed E-state index contributed by atoms with van der Waals surface area (Å²) in [7, 11) is 1.80. The number of rotatable bonds is 6. The van der Waals surface area contributed by atoms with Gasteiger partial charge in [0.2, 0.25) is 0 Å². The molecule has 3 aromatic carbocycles. The van der Waals surface area contributed by atoms with Gasteiger partial charge in [0.25, 0.3) is 11.8 Å². The van der Waals surface area contributed by atoms with Crippen LogP contribution >= 0.6 is 0 Å². The average molecular weight is 442 g/mol. The van der Waals surface area contributed by atoms with Gasteiger partial charge in [-0.1, -0.05) is 48.5 Å². The second-order valence-electron chi connectivity index (χ2n) is 8.45. The lowest BCUT2D eigenvalue weighted by atomic mass is 9.98. The number of aryl methyl sites for hydroxylation is 1. The van der Waals surface area contributed by atoms with E-state index in [9.17, 15) is 14.0 Å². The first-order chi connectivity index (χ1) is 16.0. The number of carbonyl (C=O) groups is 2. The van der Waals surface area contributed by atoms with Gasteiger partial charge in [0, 0.05) is 49.1 Å². The molecule has 1 aromatic heterocycles. The van der Waals surface area contributed by atoms with Gasteiger partial charge in [-0.2, -0.15) is 0 Å². The van der Waals surface area contributed by atoms with E-state index in [0.717, 1.165) is 22.2 Å². The van der Waals surface area contributed by atoms with E-state index in [4.69, 9.17) is 0 Å². The average Bonchev–Trinajstić information content (AvgIpc) is 3.33. The molecule has 5 nitrogen and oxygen atoms in total. The second kappa shape index (κ2) is 8.54. The van der Waals surface area contributed by atoms with Crippen LogP contribution in [0.5, 0.6) is 0 Å². The van der Waals surface area contributed by atoms with Gasteiger partial charge >= 0.3 is 0 Å². The number of fused-ring (bicyclic) bond motifs is 2. The summed E-state index contributed by atoms with van der Waals surface area (Å²) in [6.45, 7) is 1.44. The molecular weight excluding hydrogens is 417 g/mol. The topological polar surface area (TPSA) is 54.3 Å². The number of aromatic nitrogens is 1. The molecule has 0 aliphatic carbocycles. The molecule has 0 radical (unpaired) electrons. The Bertz CT molecular complexity index is 1350. The van der Waals surface area contributed by atoms with Gasteiger partial charge in [0.15, 0.2) is 0 Å². The second-order valence-corrected chi connectivity index (χ2v) is 8.45. The van der Waals surface area contributed by atoms with E-state index < -0.39 is 0 Å². The molecule has 1 aliphatic heterocycles. The maximum Gasteiger partial charge on any atom is 0.267 e. The standard InChI is InChI=1S/C27H24FN3O2/c1-30-24-12-11-22(28)13-20(24)14-25(30)26(32)29-15-21(18-7-3-2-4-8-18)17-31-16-19-9-5-6-10-23(19)27(31)33/h2-14,21H,15-17H2,1H3,(H,29,32). The first-order valence-corrected chi connectivity index (χ1v) is 11.0. The molecule has 2 heterocycles. The third kappa shape index (κ3) is 4.00. The Kier molecular flexibility index (Phi) is 5.42. The van der Waals surface area contributed by atoms with Crippen LogP contribution in [0.1, 0.15) is 37.9 Å². The third-order valence-electron chi connectivity index (χ3n) is 6.35. The molecule has 0 saturated heterocycles. The van der Waals surface area contributed by atoms with Crippen molar-refractivity contribution in [3.8, 4) is 0 Å². The van der Waals surface area contributed by atoms with E-state index in [0.29, 0.717) is 30.7 Å². The molecule has 5 rings (SSSR count). The molecule has 4 aromatic rings. The van der Waals surface area contributed by atoms with Crippen LogP contribution in [-0.2, 0) is 13.6 Å². The Labute approximate surface area is 191 Å². The van der Waals surface area contributed by atoms with Crippen LogP contribution in [0.4, 0.5) is 4.39 Å². The summed E-state index contributed by atoms with van der Waals surface area (Å²) in [5, 5.41) is 3.72. The van der Waals surface area contributed by atoms with Gasteiger partial charge in [-0.3, -0.25) is 9.59 Å². The zero-order valence-electron chi connectivity index (χ0n) is 18.3. The first kappa shape index (κ1) is 20.9. The highest BCUT2D eigenvalue weighted by Crippen LogP contribution is 2.26. The quantitative estimate of drug-likeness (QED) is 0.480. The summed E-state index contributed by atoms with van der Waals surface area (Å²) in [4.78, 5) is 27.8. The summed E-state index contributed by atoms with van der Waals surface area (Å²) in [6, 6.07) is 23.8. The Morgan fingerprint density at radius 1 is 1.03 bits per heavy atom. The maximum absolute atomic E-state index is 13.6. The lowest BCUT2D eigenvalue weighted by Crippen LogP contribution is -2.36. The predicted molar refractivity (Wildman–Crippen MR) is 126 cm³/mol. The van der Waals surface area contributed by atoms with Crippen molar-refractivity contribution in [1.29, 1.82) is 0 Å². The van der Waals surface area contributed by atoms with Crippen molar-refractivity contribution in [2.45, 2.75) is 12.5 Å². The van der Waals surface area contributed by atoms with E-state index in [1.54, 1.807) is 23.7 Å². The molecule has 1 atom stereocenters. The Morgan fingerprint density at radius 3 is 2.58 bits per heavy atom. The van der Waals surface area contributed by atoms with Crippen molar-refractivity contribution in [1.82, 2.24) is 14.8 Å². The van der Waals surface area contributed by atoms with Gasteiger partial charge in [-0.15, -0.1) is 0 Å². The van der Waals surface area contributed by atoms with Crippen LogP contribution in [-0.4, -0.2) is 34.4 Å². The number of hydrogen-bond acceptors (Lipinski definition) is 2. The molecule has 0 spiro atoms. The molecule has 0 saturated carbocycles. The molecule has 33 heavy (non-hydrogen) atoms. The highest BCUT2D eigenvalue weighted by molar-refractivity contribution is 5.99. The van der Waals surface area contributed by atoms with Crippen molar-refractivity contribution < 1.29 is 14.0 Å². The van der Waals surface area contributed by atoms with Crippen LogP contribution in [0.15, 0.2) is 78.9 Å². The van der Waals surface area contributed by atoms with Gasteiger partial charge in [0.05, 0.1) is 0 Å². The molecule has 6 heteroatoms. The van der Waals surface area contributed by atoms with Crippen molar-refractivity contribution >= 4 is 22.7 Å². The Balaban J connectivity index is 1.35. The fourth-order valence-electron chi connectivity index (χ4n) is 4.59. The fraction of sp³-hybridized carbons (Fsp3) is 0.185. The van der Waals surface area contributed by atoms with Crippen molar-refractivity contribution in [3.05, 3.63) is 107 Å². The zero-order chi connectivity index (χ0) is 22.9. The van der Waals surface area contributed by atoms with Crippen LogP contribution in [0.2, 0.25) is 0 Å². The fourth-order valence-corrected chi connectivity index (χ4v) is 4.59. The van der Waals surface area contributed by atoms with Gasteiger partial charge < -0.3 is 14.8 Å². The van der Waals surface area contributed by atoms with Gasteiger partial charge in [-0.05, 0) is 41.5 Å². The minimum Gasteiger partial charge on any atom is -0.350 e. The van der Waals surface area contributed by atoms with E-state index in [-0.39, 0.29) is 23.5 Å². The largest absolute Gasteiger partial charge is 0.350 e. The highest BCUT2D eigenvalue weighted by Gasteiger charge is 2.29. The number of amides is 2. The van der Waals surface area contributed by atoms with Crippen LogP contribution in [0.25, 0.3) is 10.9 Å². The van der Waals surface area contributed by atoms with E-state index in [1.165, 1.54) is 12.1 Å². The summed E-state index contributed by atoms with van der Waals surface area (Å²) in [5.41, 5.74) is 4.09. The molecule has 2 amide bonds. The predicted octanol–water partition coefficient (Wildman–Crippen LogP) is 4.49. The van der Waals surface area contributed by atoms with E-state index in [2.05, 4.69) is 5.32 Å².